The van der Waals surface area contributed by atoms with E-state index in [1.165, 1.54) is 21.3 Å². The van der Waals surface area contributed by atoms with Gasteiger partial charge in [-0.2, -0.15) is 13.5 Å². The van der Waals surface area contributed by atoms with Gasteiger partial charge in [0.25, 0.3) is 10.0 Å². The summed E-state index contributed by atoms with van der Waals surface area (Å²) in [6.07, 6.45) is 1.44. The molecule has 1 N–H and O–H groups in total. The number of hydrogen-bond donors (Lipinski definition) is 1. The van der Waals surface area contributed by atoms with Crippen molar-refractivity contribution in [2.75, 3.05) is 22.3 Å². The number of sulfonamides is 1. The molecule has 0 saturated carbocycles. The Balaban J connectivity index is 1.78. The Labute approximate surface area is 179 Å². The number of aryl methyl sites for hydroxylation is 1. The largest absolute Gasteiger partial charge is 0.336 e. The summed E-state index contributed by atoms with van der Waals surface area (Å²) in [4.78, 5) is 13.6. The van der Waals surface area contributed by atoms with E-state index in [0.29, 0.717) is 29.5 Å². The summed E-state index contributed by atoms with van der Waals surface area (Å²) in [6, 6.07) is 15.2. The van der Waals surface area contributed by atoms with E-state index in [1.54, 1.807) is 60.5 Å². The molecule has 0 aliphatic carbocycles. The molecule has 4 rings (SSSR count). The average molecular weight is 446 g/mol. The summed E-state index contributed by atoms with van der Waals surface area (Å²) in [7, 11) is -2.34. The molecule has 1 aliphatic rings. The smallest absolute Gasteiger partial charge is 0.321 e. The van der Waals surface area contributed by atoms with Gasteiger partial charge in [0.2, 0.25) is 0 Å². The van der Waals surface area contributed by atoms with Gasteiger partial charge in [-0.05, 0) is 42.0 Å². The van der Waals surface area contributed by atoms with Crippen LogP contribution in [0.2, 0.25) is 5.02 Å². The second-order valence-corrected chi connectivity index (χ2v) is 9.08. The lowest BCUT2D eigenvalue weighted by Gasteiger charge is -2.26. The van der Waals surface area contributed by atoms with E-state index >= 15 is 0 Å². The van der Waals surface area contributed by atoms with E-state index < -0.39 is 10.0 Å². The van der Waals surface area contributed by atoms with Crippen LogP contribution in [0.4, 0.5) is 16.2 Å². The maximum atomic E-state index is 13.5. The molecule has 0 atom stereocenters. The molecule has 1 saturated heterocycles. The maximum absolute atomic E-state index is 13.5. The molecule has 30 heavy (non-hydrogen) atoms. The van der Waals surface area contributed by atoms with E-state index in [9.17, 15) is 13.2 Å². The third-order valence-electron chi connectivity index (χ3n) is 4.86. The number of benzene rings is 2. The molecule has 8 nitrogen and oxygen atoms in total. The van der Waals surface area contributed by atoms with Gasteiger partial charge in [0.1, 0.15) is 0 Å². The van der Waals surface area contributed by atoms with Gasteiger partial charge >= 0.3 is 6.03 Å². The van der Waals surface area contributed by atoms with Crippen LogP contribution in [0, 0.1) is 0 Å². The van der Waals surface area contributed by atoms with Gasteiger partial charge < -0.3 is 5.32 Å². The van der Waals surface area contributed by atoms with Crippen molar-refractivity contribution in [2.24, 2.45) is 7.05 Å². The van der Waals surface area contributed by atoms with E-state index in [4.69, 9.17) is 11.6 Å². The lowest BCUT2D eigenvalue weighted by atomic mass is 10.2. The molecule has 10 heteroatoms. The van der Waals surface area contributed by atoms with Gasteiger partial charge in [-0.1, -0.05) is 29.8 Å². The number of hydrogen-bond acceptors (Lipinski definition) is 4. The van der Waals surface area contributed by atoms with Crippen LogP contribution < -0.4 is 14.5 Å². The lowest BCUT2D eigenvalue weighted by Crippen LogP contribution is -2.32. The molecule has 0 radical (unpaired) electrons. The molecule has 156 valence electrons. The number of anilines is 2. The first-order valence-electron chi connectivity index (χ1n) is 9.27. The summed E-state index contributed by atoms with van der Waals surface area (Å²) in [5, 5.41) is 7.39. The zero-order chi connectivity index (χ0) is 21.3. The van der Waals surface area contributed by atoms with Crippen LogP contribution in [0.3, 0.4) is 0 Å². The summed E-state index contributed by atoms with van der Waals surface area (Å²) >= 11 is 5.98. The normalized spacial score (nSPS) is 14.1. The zero-order valence-electron chi connectivity index (χ0n) is 16.2. The highest BCUT2D eigenvalue weighted by Crippen LogP contribution is 2.30. The van der Waals surface area contributed by atoms with Crippen LogP contribution in [0.5, 0.6) is 0 Å². The van der Waals surface area contributed by atoms with Gasteiger partial charge in [0.15, 0.2) is 5.03 Å². The summed E-state index contributed by atoms with van der Waals surface area (Å²) in [5.41, 5.74) is 1.85. The fourth-order valence-electron chi connectivity index (χ4n) is 3.33. The highest BCUT2D eigenvalue weighted by atomic mass is 35.5. The Morgan fingerprint density at radius 3 is 2.57 bits per heavy atom. The predicted octanol–water partition coefficient (Wildman–Crippen LogP) is 3.00. The molecule has 1 fully saturated rings. The van der Waals surface area contributed by atoms with Crippen molar-refractivity contribution < 1.29 is 13.2 Å². The fourth-order valence-corrected chi connectivity index (χ4v) is 5.01. The number of aromatic nitrogens is 2. The molecule has 2 heterocycles. The van der Waals surface area contributed by atoms with Crippen LogP contribution in [0.15, 0.2) is 65.8 Å². The number of carbonyl (C=O) groups is 1. The molecule has 0 spiro atoms. The van der Waals surface area contributed by atoms with Crippen LogP contribution >= 0.6 is 11.6 Å². The number of nitrogens with one attached hydrogen (secondary N) is 1. The number of carbonyl (C=O) groups excluding carboxylic acids is 1. The van der Waals surface area contributed by atoms with Gasteiger partial charge in [-0.15, -0.1) is 0 Å². The summed E-state index contributed by atoms with van der Waals surface area (Å²) in [5.74, 6) is 0. The topological polar surface area (TPSA) is 87.5 Å². The molecule has 0 unspecified atom stereocenters. The Bertz CT molecular complexity index is 1180. The van der Waals surface area contributed by atoms with Crippen LogP contribution in [-0.4, -0.2) is 37.3 Å². The quantitative estimate of drug-likeness (QED) is 0.631. The van der Waals surface area contributed by atoms with Crippen molar-refractivity contribution in [3.8, 4) is 0 Å². The van der Waals surface area contributed by atoms with Crippen molar-refractivity contribution in [3.63, 3.8) is 0 Å². The van der Waals surface area contributed by atoms with Crippen LogP contribution in [-0.2, 0) is 23.6 Å². The molecule has 0 bridgehead atoms. The SMILES string of the molecule is Cn1nccc1S(=O)(=O)N(Cc1ccc(Cl)cc1)c1cccc(N2CCNC2=O)c1. The zero-order valence-corrected chi connectivity index (χ0v) is 17.8. The van der Waals surface area contributed by atoms with Crippen molar-refractivity contribution in [1.82, 2.24) is 15.1 Å². The van der Waals surface area contributed by atoms with Crippen LogP contribution in [0.1, 0.15) is 5.56 Å². The fraction of sp³-hybridized carbons (Fsp3) is 0.200. The molecule has 1 aliphatic heterocycles. The first-order chi connectivity index (χ1) is 14.4. The Kier molecular flexibility index (Phi) is 5.40. The van der Waals surface area contributed by atoms with Crippen molar-refractivity contribution in [1.29, 1.82) is 0 Å². The third-order valence-corrected chi connectivity index (χ3v) is 6.96. The van der Waals surface area contributed by atoms with E-state index in [-0.39, 0.29) is 17.6 Å². The minimum absolute atomic E-state index is 0.0702. The second kappa shape index (κ2) is 8.00. The van der Waals surface area contributed by atoms with Crippen LogP contribution in [0.25, 0.3) is 0 Å². The molecule has 2 amide bonds. The van der Waals surface area contributed by atoms with Gasteiger partial charge in [0, 0.05) is 30.8 Å². The Hall–Kier alpha value is -3.04. The van der Waals surface area contributed by atoms with E-state index in [1.807, 2.05) is 0 Å². The standard InChI is InChI=1S/C20H20ClN5O3S/c1-24-19(9-10-23-24)30(28,29)26(14-15-5-7-16(21)8-6-15)18-4-2-3-17(13-18)25-12-11-22-20(25)27/h2-10,13H,11-12,14H2,1H3,(H,22,27). The number of rotatable bonds is 6. The van der Waals surface area contributed by atoms with E-state index in [2.05, 4.69) is 10.4 Å². The van der Waals surface area contributed by atoms with Crippen molar-refractivity contribution in [2.45, 2.75) is 11.6 Å². The summed E-state index contributed by atoms with van der Waals surface area (Å²) in [6.45, 7) is 1.17. The monoisotopic (exact) mass is 445 g/mol. The maximum Gasteiger partial charge on any atom is 0.321 e. The Morgan fingerprint density at radius 2 is 1.93 bits per heavy atom. The number of amides is 2. The molecule has 2 aromatic carbocycles. The highest BCUT2D eigenvalue weighted by Gasteiger charge is 2.29. The highest BCUT2D eigenvalue weighted by molar-refractivity contribution is 7.92. The average Bonchev–Trinajstić information content (AvgIpc) is 3.36. The van der Waals surface area contributed by atoms with Crippen molar-refractivity contribution >= 4 is 39.0 Å². The molecule has 3 aromatic rings. The van der Waals surface area contributed by atoms with Crippen molar-refractivity contribution in [3.05, 3.63) is 71.4 Å². The molecule has 1 aromatic heterocycles. The minimum Gasteiger partial charge on any atom is -0.336 e. The van der Waals surface area contributed by atoms with Gasteiger partial charge in [-0.25, -0.2) is 4.79 Å². The first kappa shape index (κ1) is 20.2. The Morgan fingerprint density at radius 1 is 1.17 bits per heavy atom. The number of nitrogens with zero attached hydrogens (tertiary/aromatic N) is 4. The molecular formula is C20H20ClN5O3S. The first-order valence-corrected chi connectivity index (χ1v) is 11.1. The van der Waals surface area contributed by atoms with Gasteiger partial charge in [0.05, 0.1) is 18.4 Å². The minimum atomic E-state index is -3.92. The lowest BCUT2D eigenvalue weighted by molar-refractivity contribution is 0.252. The third kappa shape index (κ3) is 3.86. The number of halogens is 1. The number of urea groups is 1. The molecular weight excluding hydrogens is 426 g/mol. The summed E-state index contributed by atoms with van der Waals surface area (Å²) < 4.78 is 29.7. The van der Waals surface area contributed by atoms with E-state index in [0.717, 1.165) is 5.56 Å². The predicted molar refractivity (Wildman–Crippen MR) is 115 cm³/mol. The van der Waals surface area contributed by atoms with Gasteiger partial charge in [-0.3, -0.25) is 13.9 Å². The second-order valence-electron chi connectivity index (χ2n) is 6.83.